The Bertz CT molecular complexity index is 950. The molecule has 0 bridgehead atoms. The fraction of sp³-hybridized carbons (Fsp3) is 0.500. The number of amides is 2. The highest BCUT2D eigenvalue weighted by Crippen LogP contribution is 2.23. The summed E-state index contributed by atoms with van der Waals surface area (Å²) in [4.78, 5) is 31.8. The average molecular weight is 451 g/mol. The molecule has 7 heteroatoms. The first-order chi connectivity index (χ1) is 16.1. The van der Waals surface area contributed by atoms with E-state index in [4.69, 9.17) is 4.74 Å². The van der Waals surface area contributed by atoms with E-state index in [1.165, 1.54) is 26.4 Å². The van der Waals surface area contributed by atoms with Crippen LogP contribution >= 0.6 is 0 Å². The lowest BCUT2D eigenvalue weighted by Crippen LogP contribution is -2.44. The van der Waals surface area contributed by atoms with Gasteiger partial charge in [0.15, 0.2) is 0 Å². The number of nitrogens with zero attached hydrogens (tertiary/aromatic N) is 2. The number of methoxy groups -OCH3 is 1. The van der Waals surface area contributed by atoms with Crippen molar-refractivity contribution in [2.45, 2.75) is 57.5 Å². The number of nitrogens with one attached hydrogen (secondary N) is 2. The number of pyridine rings is 1. The Kier molecular flexibility index (Phi) is 7.94. The topological polar surface area (TPSA) is 83.6 Å². The molecule has 1 saturated heterocycles. The molecule has 0 spiro atoms. The molecule has 2 heterocycles. The van der Waals surface area contributed by atoms with Crippen LogP contribution in [-0.2, 0) is 11.3 Å². The number of ether oxygens (including phenoxy) is 1. The first kappa shape index (κ1) is 23.2. The summed E-state index contributed by atoms with van der Waals surface area (Å²) in [5.74, 6) is 0.434. The maximum absolute atomic E-state index is 12.7. The number of aromatic nitrogens is 1. The first-order valence-electron chi connectivity index (χ1n) is 12.0. The highest BCUT2D eigenvalue weighted by Gasteiger charge is 2.27. The summed E-state index contributed by atoms with van der Waals surface area (Å²) in [7, 11) is 1.50. The Hall–Kier alpha value is -2.93. The van der Waals surface area contributed by atoms with Gasteiger partial charge in [0.25, 0.3) is 5.91 Å². The molecule has 4 rings (SSSR count). The first-order valence-corrected chi connectivity index (χ1v) is 12.0. The number of hydrogen-bond acceptors (Lipinski definition) is 5. The van der Waals surface area contributed by atoms with Crippen LogP contribution in [-0.4, -0.2) is 47.9 Å². The third kappa shape index (κ3) is 6.32. The molecule has 0 unspecified atom stereocenters. The summed E-state index contributed by atoms with van der Waals surface area (Å²) >= 11 is 0. The zero-order valence-electron chi connectivity index (χ0n) is 19.4. The molecular formula is C26H34N4O3. The number of carbonyl (C=O) groups excluding carboxylic acids is 2. The van der Waals surface area contributed by atoms with Gasteiger partial charge in [-0.1, -0.05) is 31.4 Å². The lowest BCUT2D eigenvalue weighted by atomic mass is 9.92. The Morgan fingerprint density at radius 1 is 1.06 bits per heavy atom. The van der Waals surface area contributed by atoms with Crippen molar-refractivity contribution >= 4 is 17.5 Å². The number of benzene rings is 1. The number of piperidine rings is 1. The van der Waals surface area contributed by atoms with Crippen molar-refractivity contribution in [3.63, 3.8) is 0 Å². The molecule has 176 valence electrons. The predicted molar refractivity (Wildman–Crippen MR) is 128 cm³/mol. The molecule has 2 aromatic rings. The molecule has 33 heavy (non-hydrogen) atoms. The largest absolute Gasteiger partial charge is 0.480 e. The number of hydrogen-bond donors (Lipinski definition) is 2. The molecule has 1 aromatic heterocycles. The summed E-state index contributed by atoms with van der Waals surface area (Å²) in [5, 5.41) is 6.23. The minimum atomic E-state index is -0.248. The molecule has 2 aliphatic rings. The van der Waals surface area contributed by atoms with Gasteiger partial charge >= 0.3 is 0 Å². The maximum atomic E-state index is 12.7. The standard InChI is InChI=1S/C26H34N4O3/c1-33-26-23(11-6-14-27-26)25(32)29-22-10-5-7-19(17-22)18-30-15-12-20(13-16-30)24(31)28-21-8-3-2-4-9-21/h5-7,10-11,14,17,20-21H,2-4,8-9,12-13,15-16,18H2,1H3,(H,28,31)(H,29,32). The van der Waals surface area contributed by atoms with E-state index in [1.807, 2.05) is 18.2 Å². The summed E-state index contributed by atoms with van der Waals surface area (Å²) in [5.41, 5.74) is 2.28. The second-order valence-corrected chi connectivity index (χ2v) is 9.11. The van der Waals surface area contributed by atoms with E-state index in [1.54, 1.807) is 18.3 Å². The SMILES string of the molecule is COc1ncccc1C(=O)Nc1cccc(CN2CCC(C(=O)NC3CCCCC3)CC2)c1. The molecule has 2 fully saturated rings. The van der Waals surface area contributed by atoms with Crippen LogP contribution in [0.3, 0.4) is 0 Å². The van der Waals surface area contributed by atoms with Crippen LogP contribution in [0.15, 0.2) is 42.6 Å². The van der Waals surface area contributed by atoms with Gasteiger partial charge in [0, 0.05) is 30.4 Å². The Morgan fingerprint density at radius 2 is 1.85 bits per heavy atom. The Labute approximate surface area is 195 Å². The summed E-state index contributed by atoms with van der Waals surface area (Å²) in [6.45, 7) is 2.62. The van der Waals surface area contributed by atoms with E-state index in [-0.39, 0.29) is 17.7 Å². The molecule has 0 atom stereocenters. The lowest BCUT2D eigenvalue weighted by molar-refractivity contribution is -0.127. The van der Waals surface area contributed by atoms with Crippen LogP contribution in [0.5, 0.6) is 5.88 Å². The highest BCUT2D eigenvalue weighted by atomic mass is 16.5. The van der Waals surface area contributed by atoms with E-state index in [2.05, 4.69) is 26.6 Å². The predicted octanol–water partition coefficient (Wildman–Crippen LogP) is 4.00. The zero-order valence-corrected chi connectivity index (χ0v) is 19.4. The van der Waals surface area contributed by atoms with Crippen molar-refractivity contribution in [2.75, 3.05) is 25.5 Å². The molecule has 1 aromatic carbocycles. The van der Waals surface area contributed by atoms with Gasteiger partial charge in [0.05, 0.1) is 7.11 Å². The number of rotatable bonds is 7. The maximum Gasteiger partial charge on any atom is 0.261 e. The fourth-order valence-corrected chi connectivity index (χ4v) is 4.85. The van der Waals surface area contributed by atoms with Gasteiger partial charge in [-0.3, -0.25) is 14.5 Å². The van der Waals surface area contributed by atoms with E-state index < -0.39 is 0 Å². The monoisotopic (exact) mass is 450 g/mol. The molecule has 1 aliphatic heterocycles. The van der Waals surface area contributed by atoms with Gasteiger partial charge in [-0.05, 0) is 68.6 Å². The molecule has 7 nitrogen and oxygen atoms in total. The van der Waals surface area contributed by atoms with Crippen molar-refractivity contribution in [3.8, 4) is 5.88 Å². The third-order valence-electron chi connectivity index (χ3n) is 6.71. The van der Waals surface area contributed by atoms with Crippen molar-refractivity contribution in [2.24, 2.45) is 5.92 Å². The minimum Gasteiger partial charge on any atom is -0.480 e. The zero-order chi connectivity index (χ0) is 23.0. The van der Waals surface area contributed by atoms with Gasteiger partial charge < -0.3 is 15.4 Å². The Morgan fingerprint density at radius 3 is 2.61 bits per heavy atom. The smallest absolute Gasteiger partial charge is 0.261 e. The van der Waals surface area contributed by atoms with Crippen LogP contribution in [0, 0.1) is 5.92 Å². The lowest BCUT2D eigenvalue weighted by Gasteiger charge is -2.32. The Balaban J connectivity index is 1.27. The molecule has 1 saturated carbocycles. The number of anilines is 1. The van der Waals surface area contributed by atoms with E-state index in [9.17, 15) is 9.59 Å². The van der Waals surface area contributed by atoms with Gasteiger partial charge in [0.1, 0.15) is 5.56 Å². The van der Waals surface area contributed by atoms with Gasteiger partial charge in [-0.15, -0.1) is 0 Å². The van der Waals surface area contributed by atoms with Crippen LogP contribution in [0.25, 0.3) is 0 Å². The van der Waals surface area contributed by atoms with E-state index >= 15 is 0 Å². The van der Waals surface area contributed by atoms with Crippen molar-refractivity contribution < 1.29 is 14.3 Å². The highest BCUT2D eigenvalue weighted by molar-refractivity contribution is 6.05. The van der Waals surface area contributed by atoms with Crippen LogP contribution < -0.4 is 15.4 Å². The second kappa shape index (κ2) is 11.3. The fourth-order valence-electron chi connectivity index (χ4n) is 4.85. The summed E-state index contributed by atoms with van der Waals surface area (Å²) in [6, 6.07) is 11.7. The van der Waals surface area contributed by atoms with Crippen molar-refractivity contribution in [1.29, 1.82) is 0 Å². The molecule has 2 amide bonds. The van der Waals surface area contributed by atoms with Gasteiger partial charge in [-0.25, -0.2) is 4.98 Å². The van der Waals surface area contributed by atoms with E-state index in [0.29, 0.717) is 17.5 Å². The normalized spacial score (nSPS) is 18.0. The third-order valence-corrected chi connectivity index (χ3v) is 6.71. The number of likely N-dealkylation sites (tertiary alicyclic amines) is 1. The molecule has 1 aliphatic carbocycles. The quantitative estimate of drug-likeness (QED) is 0.666. The van der Waals surface area contributed by atoms with Gasteiger partial charge in [0.2, 0.25) is 11.8 Å². The summed E-state index contributed by atoms with van der Waals surface area (Å²) < 4.78 is 5.19. The molecular weight excluding hydrogens is 416 g/mol. The number of carbonyl (C=O) groups is 2. The van der Waals surface area contributed by atoms with Crippen LogP contribution in [0.2, 0.25) is 0 Å². The van der Waals surface area contributed by atoms with Crippen molar-refractivity contribution in [1.82, 2.24) is 15.2 Å². The molecule has 0 radical (unpaired) electrons. The van der Waals surface area contributed by atoms with Crippen LogP contribution in [0.4, 0.5) is 5.69 Å². The van der Waals surface area contributed by atoms with Crippen LogP contribution in [0.1, 0.15) is 60.9 Å². The van der Waals surface area contributed by atoms with E-state index in [0.717, 1.165) is 56.6 Å². The minimum absolute atomic E-state index is 0.128. The molecule has 2 N–H and O–H groups in total. The summed E-state index contributed by atoms with van der Waals surface area (Å²) in [6.07, 6.45) is 9.42. The second-order valence-electron chi connectivity index (χ2n) is 9.11. The average Bonchev–Trinajstić information content (AvgIpc) is 2.85. The van der Waals surface area contributed by atoms with Gasteiger partial charge in [-0.2, -0.15) is 0 Å². The van der Waals surface area contributed by atoms with Crippen molar-refractivity contribution in [3.05, 3.63) is 53.7 Å².